The number of piperazine rings is 1. The lowest BCUT2D eigenvalue weighted by molar-refractivity contribution is 0.172. The molecule has 2 rings (SSSR count). The van der Waals surface area contributed by atoms with Crippen LogP contribution in [0.1, 0.15) is 19.5 Å². The normalized spacial score (nSPS) is 18.3. The predicted molar refractivity (Wildman–Crippen MR) is 82.2 cm³/mol. The summed E-state index contributed by atoms with van der Waals surface area (Å²) in [6, 6.07) is 3.26. The van der Waals surface area contributed by atoms with Crippen LogP contribution in [0.25, 0.3) is 0 Å². The van der Waals surface area contributed by atoms with E-state index in [-0.39, 0.29) is 4.90 Å². The summed E-state index contributed by atoms with van der Waals surface area (Å²) in [4.78, 5) is 6.63. The van der Waals surface area contributed by atoms with E-state index < -0.39 is 10.0 Å². The largest absolute Gasteiger partial charge is 0.325 e. The van der Waals surface area contributed by atoms with Gasteiger partial charge >= 0.3 is 0 Å². The summed E-state index contributed by atoms with van der Waals surface area (Å²) in [5, 5.41) is 0. The Balaban J connectivity index is 2.03. The molecule has 0 aliphatic carbocycles. The van der Waals surface area contributed by atoms with Gasteiger partial charge in [-0.3, -0.25) is 4.98 Å². The number of nitrogens with two attached hydrogens (primary N) is 1. The molecule has 1 aromatic heterocycles. The van der Waals surface area contributed by atoms with Crippen molar-refractivity contribution < 1.29 is 8.42 Å². The molecule has 118 valence electrons. The Morgan fingerprint density at radius 3 is 2.38 bits per heavy atom. The Hall–Kier alpha value is -1.02. The second kappa shape index (κ2) is 6.83. The summed E-state index contributed by atoms with van der Waals surface area (Å²) in [5.74, 6) is 0.598. The molecule has 0 bridgehead atoms. The first-order chi connectivity index (χ1) is 9.93. The molecule has 1 aliphatic rings. The quantitative estimate of drug-likeness (QED) is 0.856. The van der Waals surface area contributed by atoms with Gasteiger partial charge in [-0.1, -0.05) is 13.8 Å². The average Bonchev–Trinajstić information content (AvgIpc) is 2.47. The lowest BCUT2D eigenvalue weighted by Crippen LogP contribution is -2.49. The van der Waals surface area contributed by atoms with Crippen molar-refractivity contribution in [3.63, 3.8) is 0 Å². The number of hydrogen-bond acceptors (Lipinski definition) is 5. The second-order valence-electron chi connectivity index (χ2n) is 5.79. The molecule has 0 aromatic carbocycles. The van der Waals surface area contributed by atoms with Crippen LogP contribution in [0.5, 0.6) is 0 Å². The minimum atomic E-state index is -3.44. The lowest BCUT2D eigenvalue weighted by atomic mass is 10.2. The molecule has 2 N–H and O–H groups in total. The fraction of sp³-hybridized carbons (Fsp3) is 0.643. The van der Waals surface area contributed by atoms with Crippen molar-refractivity contribution in [1.29, 1.82) is 0 Å². The van der Waals surface area contributed by atoms with Crippen LogP contribution >= 0.6 is 0 Å². The highest BCUT2D eigenvalue weighted by Gasteiger charge is 2.28. The maximum Gasteiger partial charge on any atom is 0.244 e. The molecule has 21 heavy (non-hydrogen) atoms. The number of pyridine rings is 1. The van der Waals surface area contributed by atoms with Gasteiger partial charge in [0.2, 0.25) is 10.0 Å². The van der Waals surface area contributed by atoms with Gasteiger partial charge in [0.25, 0.3) is 0 Å². The number of sulfonamides is 1. The molecular weight excluding hydrogens is 288 g/mol. The fourth-order valence-corrected chi connectivity index (χ4v) is 3.87. The molecule has 2 heterocycles. The van der Waals surface area contributed by atoms with E-state index in [9.17, 15) is 8.42 Å². The van der Waals surface area contributed by atoms with Gasteiger partial charge < -0.3 is 10.6 Å². The molecule has 0 amide bonds. The highest BCUT2D eigenvalue weighted by atomic mass is 32.2. The first-order valence-electron chi connectivity index (χ1n) is 7.31. The maximum atomic E-state index is 12.6. The molecule has 7 heteroatoms. The van der Waals surface area contributed by atoms with Gasteiger partial charge in [-0.25, -0.2) is 8.42 Å². The Morgan fingerprint density at radius 2 is 1.90 bits per heavy atom. The minimum absolute atomic E-state index is 0.247. The Kier molecular flexibility index (Phi) is 5.32. The first kappa shape index (κ1) is 16.4. The summed E-state index contributed by atoms with van der Waals surface area (Å²) < 4.78 is 26.6. The Morgan fingerprint density at radius 1 is 1.24 bits per heavy atom. The maximum absolute atomic E-state index is 12.6. The van der Waals surface area contributed by atoms with Crippen LogP contribution in [0.15, 0.2) is 23.2 Å². The van der Waals surface area contributed by atoms with Crippen LogP contribution in [0.2, 0.25) is 0 Å². The summed E-state index contributed by atoms with van der Waals surface area (Å²) in [6.45, 7) is 8.31. The van der Waals surface area contributed by atoms with Crippen LogP contribution in [0, 0.1) is 5.92 Å². The molecule has 0 saturated carbocycles. The summed E-state index contributed by atoms with van der Waals surface area (Å²) >= 11 is 0. The zero-order chi connectivity index (χ0) is 15.5. The van der Waals surface area contributed by atoms with Gasteiger partial charge in [0.1, 0.15) is 4.90 Å². The summed E-state index contributed by atoms with van der Waals surface area (Å²) in [7, 11) is -3.44. The minimum Gasteiger partial charge on any atom is -0.325 e. The molecule has 1 aliphatic heterocycles. The molecule has 1 aromatic rings. The van der Waals surface area contributed by atoms with E-state index in [4.69, 9.17) is 5.73 Å². The van der Waals surface area contributed by atoms with Crippen LogP contribution in [-0.2, 0) is 16.6 Å². The van der Waals surface area contributed by atoms with E-state index in [1.165, 1.54) is 6.20 Å². The van der Waals surface area contributed by atoms with Gasteiger partial charge in [0.05, 0.1) is 5.69 Å². The topological polar surface area (TPSA) is 79.5 Å². The van der Waals surface area contributed by atoms with Crippen molar-refractivity contribution in [3.8, 4) is 0 Å². The Labute approximate surface area is 127 Å². The van der Waals surface area contributed by atoms with E-state index in [1.54, 1.807) is 16.4 Å². The van der Waals surface area contributed by atoms with Gasteiger partial charge in [-0.05, 0) is 18.1 Å². The van der Waals surface area contributed by atoms with Gasteiger partial charge in [0, 0.05) is 45.5 Å². The zero-order valence-electron chi connectivity index (χ0n) is 12.7. The third-order valence-electron chi connectivity index (χ3n) is 3.60. The second-order valence-corrected chi connectivity index (χ2v) is 7.73. The van der Waals surface area contributed by atoms with Crippen molar-refractivity contribution in [2.75, 3.05) is 32.7 Å². The standard InChI is InChI=1S/C14H24N4O2S/c1-12(2)11-17-5-7-18(8-6-17)21(19,20)14-4-3-13(9-15)16-10-14/h3-4,10,12H,5-9,11,15H2,1-2H3. The summed E-state index contributed by atoms with van der Waals surface area (Å²) in [6.07, 6.45) is 1.40. The van der Waals surface area contributed by atoms with Crippen molar-refractivity contribution >= 4 is 10.0 Å². The van der Waals surface area contributed by atoms with E-state index in [0.29, 0.717) is 31.2 Å². The highest BCUT2D eigenvalue weighted by Crippen LogP contribution is 2.17. The molecule has 0 spiro atoms. The number of nitrogens with zero attached hydrogens (tertiary/aromatic N) is 3. The van der Waals surface area contributed by atoms with E-state index >= 15 is 0 Å². The number of hydrogen-bond donors (Lipinski definition) is 1. The van der Waals surface area contributed by atoms with E-state index in [1.807, 2.05) is 0 Å². The molecule has 1 saturated heterocycles. The smallest absolute Gasteiger partial charge is 0.244 e. The molecule has 0 unspecified atom stereocenters. The van der Waals surface area contributed by atoms with Gasteiger partial charge in [-0.15, -0.1) is 0 Å². The monoisotopic (exact) mass is 312 g/mol. The van der Waals surface area contributed by atoms with Crippen molar-refractivity contribution in [2.24, 2.45) is 11.7 Å². The molecule has 1 fully saturated rings. The van der Waals surface area contributed by atoms with Gasteiger partial charge in [-0.2, -0.15) is 4.31 Å². The SMILES string of the molecule is CC(C)CN1CCN(S(=O)(=O)c2ccc(CN)nc2)CC1. The molecule has 0 atom stereocenters. The van der Waals surface area contributed by atoms with Crippen LogP contribution < -0.4 is 5.73 Å². The zero-order valence-corrected chi connectivity index (χ0v) is 13.5. The molecule has 6 nitrogen and oxygen atoms in total. The van der Waals surface area contributed by atoms with Crippen molar-refractivity contribution in [3.05, 3.63) is 24.0 Å². The van der Waals surface area contributed by atoms with Crippen LogP contribution in [0.3, 0.4) is 0 Å². The van der Waals surface area contributed by atoms with Gasteiger partial charge in [0.15, 0.2) is 0 Å². The molecular formula is C14H24N4O2S. The van der Waals surface area contributed by atoms with Crippen LogP contribution in [-0.4, -0.2) is 55.3 Å². The first-order valence-corrected chi connectivity index (χ1v) is 8.75. The molecule has 0 radical (unpaired) electrons. The lowest BCUT2D eigenvalue weighted by Gasteiger charge is -2.34. The van der Waals surface area contributed by atoms with Crippen LogP contribution in [0.4, 0.5) is 0 Å². The van der Waals surface area contributed by atoms with E-state index in [0.717, 1.165) is 19.6 Å². The third kappa shape index (κ3) is 4.00. The summed E-state index contributed by atoms with van der Waals surface area (Å²) in [5.41, 5.74) is 6.17. The average molecular weight is 312 g/mol. The number of aromatic nitrogens is 1. The number of rotatable bonds is 5. The fourth-order valence-electron chi connectivity index (χ4n) is 2.50. The Bertz CT molecular complexity index is 549. The predicted octanol–water partition coefficient (Wildman–Crippen LogP) is 0.503. The van der Waals surface area contributed by atoms with E-state index in [2.05, 4.69) is 23.7 Å². The highest BCUT2D eigenvalue weighted by molar-refractivity contribution is 7.89. The third-order valence-corrected chi connectivity index (χ3v) is 5.48. The van der Waals surface area contributed by atoms with Crippen molar-refractivity contribution in [2.45, 2.75) is 25.3 Å². The van der Waals surface area contributed by atoms with Crippen molar-refractivity contribution in [1.82, 2.24) is 14.2 Å².